The molecule has 150 valence electrons. The SMILES string of the molecule is COc1ccc(C(=O)c2[nH]c(=O)[nH]c2CN2CCC(c3ccccc3)CC2)cc1. The van der Waals surface area contributed by atoms with Crippen LogP contribution in [0.3, 0.4) is 0 Å². The Balaban J connectivity index is 1.45. The number of nitrogens with zero attached hydrogens (tertiary/aromatic N) is 1. The number of ketones is 1. The standard InChI is InChI=1S/C23H25N3O3/c1-29-19-9-7-18(8-10-19)22(27)21-20(24-23(28)25-21)15-26-13-11-17(12-14-26)16-5-3-2-4-6-16/h2-10,17H,11-15H2,1H3,(H2,24,25,28). The second kappa shape index (κ2) is 8.49. The van der Waals surface area contributed by atoms with Gasteiger partial charge in [-0.2, -0.15) is 0 Å². The number of hydrogen-bond acceptors (Lipinski definition) is 4. The molecule has 4 rings (SSSR count). The fourth-order valence-corrected chi connectivity index (χ4v) is 3.99. The molecule has 0 saturated carbocycles. The molecule has 0 bridgehead atoms. The second-order valence-electron chi connectivity index (χ2n) is 7.45. The molecule has 29 heavy (non-hydrogen) atoms. The van der Waals surface area contributed by atoms with Gasteiger partial charge in [0.25, 0.3) is 0 Å². The number of nitrogens with one attached hydrogen (secondary N) is 2. The number of aromatic nitrogens is 2. The number of likely N-dealkylation sites (tertiary alicyclic amines) is 1. The zero-order valence-corrected chi connectivity index (χ0v) is 16.5. The fraction of sp³-hybridized carbons (Fsp3) is 0.304. The van der Waals surface area contributed by atoms with Crippen molar-refractivity contribution in [1.82, 2.24) is 14.9 Å². The van der Waals surface area contributed by atoms with Gasteiger partial charge in [-0.25, -0.2) is 4.79 Å². The third-order valence-electron chi connectivity index (χ3n) is 5.62. The van der Waals surface area contributed by atoms with Gasteiger partial charge < -0.3 is 14.7 Å². The molecule has 1 fully saturated rings. The topological polar surface area (TPSA) is 78.2 Å². The summed E-state index contributed by atoms with van der Waals surface area (Å²) < 4.78 is 5.14. The Labute approximate surface area is 169 Å². The van der Waals surface area contributed by atoms with Crippen LogP contribution in [0.1, 0.15) is 46.1 Å². The van der Waals surface area contributed by atoms with Crippen LogP contribution in [0.5, 0.6) is 5.75 Å². The van der Waals surface area contributed by atoms with Crippen molar-refractivity contribution in [3.63, 3.8) is 0 Å². The van der Waals surface area contributed by atoms with Crippen molar-refractivity contribution >= 4 is 5.78 Å². The first-order valence-corrected chi connectivity index (χ1v) is 9.91. The molecule has 2 N–H and O–H groups in total. The molecule has 6 nitrogen and oxygen atoms in total. The van der Waals surface area contributed by atoms with E-state index in [1.807, 2.05) is 6.07 Å². The van der Waals surface area contributed by atoms with Crippen LogP contribution in [-0.2, 0) is 6.54 Å². The maximum absolute atomic E-state index is 12.9. The minimum atomic E-state index is -0.351. The Kier molecular flexibility index (Phi) is 5.62. The number of carbonyl (C=O) groups is 1. The van der Waals surface area contributed by atoms with E-state index < -0.39 is 0 Å². The third kappa shape index (κ3) is 4.32. The van der Waals surface area contributed by atoms with Gasteiger partial charge in [0.15, 0.2) is 0 Å². The van der Waals surface area contributed by atoms with Crippen LogP contribution in [0.2, 0.25) is 0 Å². The van der Waals surface area contributed by atoms with E-state index >= 15 is 0 Å². The largest absolute Gasteiger partial charge is 0.497 e. The quantitative estimate of drug-likeness (QED) is 0.632. The molecule has 2 aromatic carbocycles. The van der Waals surface area contributed by atoms with E-state index in [9.17, 15) is 9.59 Å². The molecule has 0 aliphatic carbocycles. The van der Waals surface area contributed by atoms with Crippen molar-refractivity contribution in [3.8, 4) is 5.75 Å². The zero-order chi connectivity index (χ0) is 20.2. The van der Waals surface area contributed by atoms with Crippen LogP contribution in [0.25, 0.3) is 0 Å². The number of rotatable bonds is 6. The van der Waals surface area contributed by atoms with Gasteiger partial charge in [0.2, 0.25) is 5.78 Å². The maximum Gasteiger partial charge on any atom is 0.323 e. The van der Waals surface area contributed by atoms with E-state index in [-0.39, 0.29) is 11.5 Å². The number of methoxy groups -OCH3 is 1. The van der Waals surface area contributed by atoms with E-state index in [2.05, 4.69) is 39.1 Å². The van der Waals surface area contributed by atoms with Crippen LogP contribution in [0, 0.1) is 0 Å². The van der Waals surface area contributed by atoms with Crippen LogP contribution < -0.4 is 10.4 Å². The van der Waals surface area contributed by atoms with Crippen molar-refractivity contribution in [2.45, 2.75) is 25.3 Å². The van der Waals surface area contributed by atoms with E-state index in [1.165, 1.54) is 5.56 Å². The highest BCUT2D eigenvalue weighted by atomic mass is 16.5. The fourth-order valence-electron chi connectivity index (χ4n) is 3.99. The van der Waals surface area contributed by atoms with Gasteiger partial charge in [-0.3, -0.25) is 9.69 Å². The number of benzene rings is 2. The third-order valence-corrected chi connectivity index (χ3v) is 5.62. The number of H-pyrrole nitrogens is 2. The average molecular weight is 391 g/mol. The Morgan fingerprint density at radius 2 is 1.72 bits per heavy atom. The number of ether oxygens (including phenoxy) is 1. The summed E-state index contributed by atoms with van der Waals surface area (Å²) in [5.74, 6) is 1.06. The summed E-state index contributed by atoms with van der Waals surface area (Å²) >= 11 is 0. The Hall–Kier alpha value is -3.12. The summed E-state index contributed by atoms with van der Waals surface area (Å²) in [6.45, 7) is 2.42. The lowest BCUT2D eigenvalue weighted by atomic mass is 9.89. The molecule has 0 radical (unpaired) electrons. The summed E-state index contributed by atoms with van der Waals surface area (Å²) in [4.78, 5) is 32.6. The van der Waals surface area contributed by atoms with E-state index in [0.29, 0.717) is 35.2 Å². The molecule has 1 aromatic heterocycles. The Morgan fingerprint density at radius 1 is 1.03 bits per heavy atom. The molecule has 1 saturated heterocycles. The van der Waals surface area contributed by atoms with Crippen molar-refractivity contribution in [2.24, 2.45) is 0 Å². The highest BCUT2D eigenvalue weighted by Gasteiger charge is 2.24. The molecule has 0 spiro atoms. The van der Waals surface area contributed by atoms with Gasteiger partial charge in [0.05, 0.1) is 12.8 Å². The van der Waals surface area contributed by atoms with Crippen LogP contribution in [0.15, 0.2) is 59.4 Å². The Morgan fingerprint density at radius 3 is 2.38 bits per heavy atom. The molecular formula is C23H25N3O3. The molecule has 1 aliphatic rings. The van der Waals surface area contributed by atoms with Crippen LogP contribution >= 0.6 is 0 Å². The normalized spacial score (nSPS) is 15.3. The van der Waals surface area contributed by atoms with E-state index in [4.69, 9.17) is 4.74 Å². The lowest BCUT2D eigenvalue weighted by Gasteiger charge is -2.32. The summed E-state index contributed by atoms with van der Waals surface area (Å²) in [6.07, 6.45) is 2.14. The molecule has 3 aromatic rings. The van der Waals surface area contributed by atoms with Gasteiger partial charge in [-0.1, -0.05) is 30.3 Å². The highest BCUT2D eigenvalue weighted by molar-refractivity contribution is 6.08. The van der Waals surface area contributed by atoms with Crippen molar-refractivity contribution in [3.05, 3.63) is 87.6 Å². The molecule has 0 unspecified atom stereocenters. The van der Waals surface area contributed by atoms with E-state index in [1.54, 1.807) is 31.4 Å². The smallest absolute Gasteiger partial charge is 0.323 e. The first-order valence-electron chi connectivity index (χ1n) is 9.91. The molecule has 0 atom stereocenters. The number of piperidine rings is 1. The predicted molar refractivity (Wildman–Crippen MR) is 112 cm³/mol. The monoisotopic (exact) mass is 391 g/mol. The van der Waals surface area contributed by atoms with Crippen LogP contribution in [-0.4, -0.2) is 40.9 Å². The summed E-state index contributed by atoms with van der Waals surface area (Å²) in [5, 5.41) is 0. The summed E-state index contributed by atoms with van der Waals surface area (Å²) in [6, 6.07) is 17.5. The predicted octanol–water partition coefficient (Wildman–Crippen LogP) is 3.32. The molecule has 0 amide bonds. The van der Waals surface area contributed by atoms with Crippen molar-refractivity contribution < 1.29 is 9.53 Å². The number of hydrogen-bond donors (Lipinski definition) is 2. The van der Waals surface area contributed by atoms with Gasteiger partial charge in [0.1, 0.15) is 11.4 Å². The lowest BCUT2D eigenvalue weighted by Crippen LogP contribution is -2.33. The van der Waals surface area contributed by atoms with E-state index in [0.717, 1.165) is 25.9 Å². The van der Waals surface area contributed by atoms with Crippen molar-refractivity contribution in [2.75, 3.05) is 20.2 Å². The molecule has 1 aliphatic heterocycles. The maximum atomic E-state index is 12.9. The highest BCUT2D eigenvalue weighted by Crippen LogP contribution is 2.28. The molecule has 2 heterocycles. The summed E-state index contributed by atoms with van der Waals surface area (Å²) in [5.41, 5.74) is 2.54. The minimum Gasteiger partial charge on any atom is -0.497 e. The minimum absolute atomic E-state index is 0.194. The van der Waals surface area contributed by atoms with Gasteiger partial charge >= 0.3 is 5.69 Å². The molecular weight excluding hydrogens is 366 g/mol. The Bertz CT molecular complexity index is 1010. The van der Waals surface area contributed by atoms with Crippen LogP contribution in [0.4, 0.5) is 0 Å². The number of aromatic amines is 2. The van der Waals surface area contributed by atoms with Gasteiger partial charge in [-0.05, 0) is 61.7 Å². The summed E-state index contributed by atoms with van der Waals surface area (Å²) in [7, 11) is 1.58. The van der Waals surface area contributed by atoms with Gasteiger partial charge in [0, 0.05) is 12.1 Å². The first kappa shape index (κ1) is 19.2. The first-order chi connectivity index (χ1) is 14.1. The zero-order valence-electron chi connectivity index (χ0n) is 16.5. The van der Waals surface area contributed by atoms with Gasteiger partial charge in [-0.15, -0.1) is 0 Å². The second-order valence-corrected chi connectivity index (χ2v) is 7.45. The number of imidazole rings is 1. The van der Waals surface area contributed by atoms with Crippen molar-refractivity contribution in [1.29, 1.82) is 0 Å². The lowest BCUT2D eigenvalue weighted by molar-refractivity contribution is 0.103. The average Bonchev–Trinajstić information content (AvgIpc) is 3.14. The number of carbonyl (C=O) groups excluding carboxylic acids is 1. The molecule has 6 heteroatoms.